The molecule has 2 aromatic carbocycles. The third-order valence-corrected chi connectivity index (χ3v) is 3.08. The Morgan fingerprint density at radius 1 is 1.06 bits per heavy atom. The Balaban J connectivity index is 2.20. The van der Waals surface area contributed by atoms with Gasteiger partial charge in [0.15, 0.2) is 0 Å². The quantitative estimate of drug-likeness (QED) is 0.619. The molecule has 0 atom stereocenters. The monoisotopic (exact) mass is 336 g/mol. The summed E-state index contributed by atoms with van der Waals surface area (Å²) in [5, 5.41) is 0. The van der Waals surface area contributed by atoms with Crippen LogP contribution in [-0.2, 0) is 11.3 Å². The minimum Gasteiger partial charge on any atom is -0.300 e. The second kappa shape index (κ2) is 5.82. The summed E-state index contributed by atoms with van der Waals surface area (Å²) in [4.78, 5) is 12.6. The summed E-state index contributed by atoms with van der Waals surface area (Å²) in [6.45, 7) is 0.546. The predicted molar refractivity (Wildman–Crippen MR) is 77.5 cm³/mol. The van der Waals surface area contributed by atoms with E-state index in [4.69, 9.17) is 0 Å². The van der Waals surface area contributed by atoms with E-state index in [2.05, 4.69) is 22.6 Å². The maximum Gasteiger partial charge on any atom is 0.317 e. The van der Waals surface area contributed by atoms with E-state index in [1.165, 1.54) is 0 Å². The van der Waals surface area contributed by atoms with Crippen LogP contribution in [0.5, 0.6) is 0 Å². The lowest BCUT2D eigenvalue weighted by Gasteiger charge is -2.16. The second-order valence-corrected chi connectivity index (χ2v) is 4.89. The summed E-state index contributed by atoms with van der Waals surface area (Å²) in [5.41, 5.74) is 1.96. The highest BCUT2D eigenvalue weighted by Gasteiger charge is 2.07. The molecule has 2 nitrogen and oxygen atoms in total. The molecule has 0 aliphatic heterocycles. The minimum absolute atomic E-state index is 0.546. The normalized spacial score (nSPS) is 9.94. The Bertz CT molecular complexity index is 499. The molecule has 0 aliphatic carbocycles. The van der Waals surface area contributed by atoms with Crippen LogP contribution < -0.4 is 4.90 Å². The molecule has 0 N–H and O–H groups in total. The van der Waals surface area contributed by atoms with Crippen LogP contribution in [0.2, 0.25) is 0 Å². The highest BCUT2D eigenvalue weighted by Crippen LogP contribution is 2.18. The fraction of sp³-hybridized carbons (Fsp3) is 0.0714. The van der Waals surface area contributed by atoms with E-state index in [9.17, 15) is 4.79 Å². The van der Waals surface area contributed by atoms with Crippen LogP contribution in [0.25, 0.3) is 0 Å². The van der Waals surface area contributed by atoms with E-state index in [0.29, 0.717) is 6.54 Å². The summed E-state index contributed by atoms with van der Waals surface area (Å²) >= 11 is 2.23. The van der Waals surface area contributed by atoms with Gasteiger partial charge in [-0.1, -0.05) is 36.4 Å². The van der Waals surface area contributed by atoms with Gasteiger partial charge in [0.1, 0.15) is 0 Å². The zero-order chi connectivity index (χ0) is 12.1. The van der Waals surface area contributed by atoms with E-state index in [0.717, 1.165) is 14.8 Å². The molecule has 1 radical (unpaired) electrons. The maximum absolute atomic E-state index is 11.0. The highest BCUT2D eigenvalue weighted by atomic mass is 127. The molecular formula is C14H11INO. The number of rotatable bonds is 4. The van der Waals surface area contributed by atoms with Gasteiger partial charge in [0, 0.05) is 9.26 Å². The van der Waals surface area contributed by atoms with Gasteiger partial charge in [0.25, 0.3) is 0 Å². The standard InChI is InChI=1S/C14H11INO/c15-13-7-4-8-14(9-13)16(11-17)10-12-5-2-1-3-6-12/h1-9H,10H2. The van der Waals surface area contributed by atoms with Gasteiger partial charge in [-0.25, -0.2) is 0 Å². The first-order chi connectivity index (χ1) is 8.29. The largest absolute Gasteiger partial charge is 0.317 e. The fourth-order valence-electron chi connectivity index (χ4n) is 1.59. The van der Waals surface area contributed by atoms with Crippen molar-refractivity contribution in [2.45, 2.75) is 6.54 Å². The lowest BCUT2D eigenvalue weighted by atomic mass is 10.2. The van der Waals surface area contributed by atoms with Crippen LogP contribution in [-0.4, -0.2) is 6.41 Å². The molecule has 0 bridgehead atoms. The number of benzene rings is 2. The number of halogens is 1. The molecule has 85 valence electrons. The average molecular weight is 336 g/mol. The highest BCUT2D eigenvalue weighted by molar-refractivity contribution is 14.1. The van der Waals surface area contributed by atoms with Gasteiger partial charge in [-0.3, -0.25) is 9.69 Å². The Hall–Kier alpha value is -1.36. The van der Waals surface area contributed by atoms with Crippen molar-refractivity contribution in [2.24, 2.45) is 0 Å². The topological polar surface area (TPSA) is 20.3 Å². The molecule has 2 aromatic rings. The molecule has 0 saturated carbocycles. The number of carbonyl (C=O) groups excluding carboxylic acids is 1. The van der Waals surface area contributed by atoms with Crippen molar-refractivity contribution in [3.63, 3.8) is 0 Å². The number of amides is 1. The van der Waals surface area contributed by atoms with E-state index >= 15 is 0 Å². The SMILES string of the molecule is O=[C]N(Cc1ccccc1)c1cccc(I)c1. The molecule has 0 spiro atoms. The third-order valence-electron chi connectivity index (χ3n) is 2.41. The van der Waals surface area contributed by atoms with Crippen molar-refractivity contribution in [3.05, 3.63) is 63.7 Å². The first-order valence-corrected chi connectivity index (χ1v) is 6.32. The van der Waals surface area contributed by atoms with E-state index < -0.39 is 0 Å². The summed E-state index contributed by atoms with van der Waals surface area (Å²) in [6, 6.07) is 17.7. The zero-order valence-electron chi connectivity index (χ0n) is 9.14. The van der Waals surface area contributed by atoms with E-state index in [1.807, 2.05) is 61.0 Å². The van der Waals surface area contributed by atoms with Crippen LogP contribution >= 0.6 is 22.6 Å². The number of hydrogen-bond acceptors (Lipinski definition) is 1. The van der Waals surface area contributed by atoms with Crippen LogP contribution in [0.3, 0.4) is 0 Å². The average Bonchev–Trinajstić information content (AvgIpc) is 2.37. The Morgan fingerprint density at radius 2 is 1.82 bits per heavy atom. The van der Waals surface area contributed by atoms with Crippen molar-refractivity contribution in [1.29, 1.82) is 0 Å². The van der Waals surface area contributed by atoms with Crippen molar-refractivity contribution >= 4 is 34.7 Å². The first kappa shape index (κ1) is 12.1. The van der Waals surface area contributed by atoms with Gasteiger partial charge in [0.05, 0.1) is 6.54 Å². The fourth-order valence-corrected chi connectivity index (χ4v) is 2.11. The first-order valence-electron chi connectivity index (χ1n) is 5.24. The summed E-state index contributed by atoms with van der Waals surface area (Å²) in [6.07, 6.45) is 1.97. The molecule has 17 heavy (non-hydrogen) atoms. The van der Waals surface area contributed by atoms with E-state index in [1.54, 1.807) is 4.90 Å². The lowest BCUT2D eigenvalue weighted by molar-refractivity contribution is 0.551. The van der Waals surface area contributed by atoms with Crippen molar-refractivity contribution in [2.75, 3.05) is 4.90 Å². The van der Waals surface area contributed by atoms with Crippen LogP contribution in [0.1, 0.15) is 5.56 Å². The zero-order valence-corrected chi connectivity index (χ0v) is 11.3. The molecule has 2 rings (SSSR count). The summed E-state index contributed by atoms with van der Waals surface area (Å²) < 4.78 is 1.11. The molecule has 0 heterocycles. The van der Waals surface area contributed by atoms with Crippen molar-refractivity contribution in [3.8, 4) is 0 Å². The number of nitrogens with zero attached hydrogens (tertiary/aromatic N) is 1. The van der Waals surface area contributed by atoms with Gasteiger partial charge >= 0.3 is 6.41 Å². The van der Waals surface area contributed by atoms with Gasteiger partial charge in [0.2, 0.25) is 0 Å². The summed E-state index contributed by atoms with van der Waals surface area (Å²) in [5.74, 6) is 0. The van der Waals surface area contributed by atoms with Crippen LogP contribution in [0, 0.1) is 3.57 Å². The molecular weight excluding hydrogens is 325 g/mol. The van der Waals surface area contributed by atoms with Crippen molar-refractivity contribution in [1.82, 2.24) is 0 Å². The molecule has 0 aliphatic rings. The summed E-state index contributed by atoms with van der Waals surface area (Å²) in [7, 11) is 0. The minimum atomic E-state index is 0.546. The second-order valence-electron chi connectivity index (χ2n) is 3.64. The lowest BCUT2D eigenvalue weighted by Crippen LogP contribution is -2.20. The molecule has 0 unspecified atom stereocenters. The number of hydrogen-bond donors (Lipinski definition) is 0. The Morgan fingerprint density at radius 3 is 2.47 bits per heavy atom. The van der Waals surface area contributed by atoms with Gasteiger partial charge in [-0.2, -0.15) is 0 Å². The van der Waals surface area contributed by atoms with Gasteiger partial charge in [-0.05, 0) is 46.4 Å². The molecule has 0 aromatic heterocycles. The van der Waals surface area contributed by atoms with Crippen LogP contribution in [0.15, 0.2) is 54.6 Å². The van der Waals surface area contributed by atoms with E-state index in [-0.39, 0.29) is 0 Å². The van der Waals surface area contributed by atoms with Gasteiger partial charge in [-0.15, -0.1) is 0 Å². The molecule has 0 saturated heterocycles. The predicted octanol–water partition coefficient (Wildman–Crippen LogP) is 3.37. The number of anilines is 1. The van der Waals surface area contributed by atoms with Crippen LogP contribution in [0.4, 0.5) is 5.69 Å². The van der Waals surface area contributed by atoms with Crippen molar-refractivity contribution < 1.29 is 4.79 Å². The Kier molecular flexibility index (Phi) is 4.14. The maximum atomic E-state index is 11.0. The third kappa shape index (κ3) is 3.30. The Labute approximate surface area is 114 Å². The smallest absolute Gasteiger partial charge is 0.300 e. The molecule has 0 fully saturated rings. The molecule has 3 heteroatoms. The molecule has 1 amide bonds. The van der Waals surface area contributed by atoms with Gasteiger partial charge < -0.3 is 0 Å².